The molecule has 17 unspecified atom stereocenters. The highest BCUT2D eigenvalue weighted by Crippen LogP contribution is 2.46. The maximum absolute atomic E-state index is 11.4. The molecule has 10 rings (SSSR count). The molecule has 0 radical (unpaired) electrons. The van der Waals surface area contributed by atoms with Gasteiger partial charge in [-0.1, -0.05) is 38.5 Å². The van der Waals surface area contributed by atoms with Crippen LogP contribution in [0.2, 0.25) is 0 Å². The Morgan fingerprint density at radius 3 is 1.12 bits per heavy atom. The number of rotatable bonds is 3. The van der Waals surface area contributed by atoms with Gasteiger partial charge < -0.3 is 9.84 Å². The van der Waals surface area contributed by atoms with Gasteiger partial charge in [0.1, 0.15) is 5.75 Å². The Bertz CT molecular complexity index is 1380. The van der Waals surface area contributed by atoms with Gasteiger partial charge in [-0.2, -0.15) is 0 Å². The number of carboxylic acids is 1. The number of aromatic carboxylic acids is 1. The van der Waals surface area contributed by atoms with Gasteiger partial charge in [-0.3, -0.25) is 42.5 Å². The lowest BCUT2D eigenvalue weighted by Crippen LogP contribution is -2.61. The van der Waals surface area contributed by atoms with Crippen molar-refractivity contribution in [3.8, 4) is 5.75 Å². The molecule has 4 aliphatic carbocycles. The van der Waals surface area contributed by atoms with E-state index in [1.165, 1.54) is 77.0 Å². The first kappa shape index (κ1) is 32.8. The summed E-state index contributed by atoms with van der Waals surface area (Å²) < 4.78 is 6.58. The number of fused-ring (bicyclic) bond motifs is 20. The predicted octanol–water partition coefficient (Wildman–Crippen LogP) is 3.36. The van der Waals surface area contributed by atoms with Crippen LogP contribution in [0.15, 0.2) is 24.3 Å². The van der Waals surface area contributed by atoms with E-state index in [0.717, 1.165) is 25.0 Å². The molecule has 11 heteroatoms. The maximum atomic E-state index is 11.4. The summed E-state index contributed by atoms with van der Waals surface area (Å²) in [5.41, 5.74) is 0.299. The lowest BCUT2D eigenvalue weighted by Gasteiger charge is -2.37. The predicted molar refractivity (Wildman–Crippen MR) is 190 cm³/mol. The summed E-state index contributed by atoms with van der Waals surface area (Å²) in [5, 5.41) is 43.1. The van der Waals surface area contributed by atoms with E-state index in [1.807, 2.05) is 12.1 Å². The number of nitrogens with one attached hydrogen (secondary N) is 8. The normalized spacial score (nSPS) is 49.7. The highest BCUT2D eigenvalue weighted by molar-refractivity contribution is 5.87. The zero-order valence-electron chi connectivity index (χ0n) is 29.5. The summed E-state index contributed by atoms with van der Waals surface area (Å²) in [5.74, 6) is 4.79. The summed E-state index contributed by atoms with van der Waals surface area (Å²) in [4.78, 5) is 11.4. The van der Waals surface area contributed by atoms with Crippen LogP contribution in [0.1, 0.15) is 107 Å². The van der Waals surface area contributed by atoms with Crippen molar-refractivity contribution in [2.45, 2.75) is 152 Å². The van der Waals surface area contributed by atoms with Crippen molar-refractivity contribution in [3.63, 3.8) is 0 Å². The minimum absolute atomic E-state index is 0.116. The van der Waals surface area contributed by atoms with Crippen LogP contribution in [0.4, 0.5) is 0 Å². The van der Waals surface area contributed by atoms with Gasteiger partial charge in [0.15, 0.2) is 0 Å². The minimum atomic E-state index is -0.901. The number of carbonyl (C=O) groups is 1. The van der Waals surface area contributed by atoms with Crippen molar-refractivity contribution >= 4 is 5.97 Å². The average Bonchev–Trinajstić information content (AvgIpc) is 3.87. The third kappa shape index (κ3) is 5.92. The van der Waals surface area contributed by atoms with Crippen LogP contribution in [-0.4, -0.2) is 66.5 Å². The summed E-state index contributed by atoms with van der Waals surface area (Å²) >= 11 is 0. The van der Waals surface area contributed by atoms with E-state index in [4.69, 9.17) is 4.74 Å². The third-order valence-corrected chi connectivity index (χ3v) is 15.2. The smallest absolute Gasteiger partial charge is 0.335 e. The topological polar surface area (TPSA) is 143 Å². The molecule has 274 valence electrons. The lowest BCUT2D eigenvalue weighted by atomic mass is 9.76. The number of hydrogen-bond donors (Lipinski definition) is 9. The first-order valence-corrected chi connectivity index (χ1v) is 20.6. The zero-order chi connectivity index (χ0) is 33.3. The van der Waals surface area contributed by atoms with Crippen molar-refractivity contribution in [1.82, 2.24) is 42.5 Å². The van der Waals surface area contributed by atoms with E-state index in [9.17, 15) is 9.90 Å². The van der Waals surface area contributed by atoms with Crippen molar-refractivity contribution in [2.75, 3.05) is 0 Å². The van der Waals surface area contributed by atoms with Gasteiger partial charge in [0.25, 0.3) is 0 Å². The van der Waals surface area contributed by atoms with Crippen LogP contribution in [0.5, 0.6) is 5.75 Å². The summed E-state index contributed by atoms with van der Waals surface area (Å²) in [6.07, 6.45) is 21.6. The van der Waals surface area contributed by atoms with Gasteiger partial charge in [0.2, 0.25) is 0 Å². The Morgan fingerprint density at radius 2 is 0.780 bits per heavy atom. The second kappa shape index (κ2) is 13.5. The number of hydrogen-bond acceptors (Lipinski definition) is 10. The second-order valence-electron chi connectivity index (χ2n) is 17.7. The van der Waals surface area contributed by atoms with Gasteiger partial charge in [-0.15, -0.1) is 0 Å². The molecule has 1 aromatic rings. The summed E-state index contributed by atoms with van der Waals surface area (Å²) in [7, 11) is 0. The Morgan fingerprint density at radius 1 is 0.460 bits per heavy atom. The maximum Gasteiger partial charge on any atom is 0.335 e. The van der Waals surface area contributed by atoms with E-state index in [-0.39, 0.29) is 24.6 Å². The largest absolute Gasteiger partial charge is 0.490 e. The van der Waals surface area contributed by atoms with Gasteiger partial charge in [-0.25, -0.2) is 4.79 Å². The molecular formula is C39H60N8O3. The second-order valence-corrected chi connectivity index (χ2v) is 17.7. The lowest BCUT2D eigenvalue weighted by molar-refractivity contribution is 0.0696. The highest BCUT2D eigenvalue weighted by Gasteiger charge is 2.55. The van der Waals surface area contributed by atoms with Gasteiger partial charge in [0, 0.05) is 0 Å². The Labute approximate surface area is 297 Å². The van der Waals surface area contributed by atoms with Crippen LogP contribution in [-0.2, 0) is 0 Å². The average molecular weight is 689 g/mol. The molecule has 5 heterocycles. The molecule has 50 heavy (non-hydrogen) atoms. The Balaban J connectivity index is 0.943. The molecule has 9 N–H and O–H groups in total. The molecule has 0 amide bonds. The van der Waals surface area contributed by atoms with Crippen molar-refractivity contribution < 1.29 is 14.6 Å². The summed E-state index contributed by atoms with van der Waals surface area (Å²) in [6, 6.07) is 6.96. The van der Waals surface area contributed by atoms with Gasteiger partial charge >= 0.3 is 5.97 Å². The quantitative estimate of drug-likeness (QED) is 0.231. The number of ether oxygens (including phenoxy) is 1. The van der Waals surface area contributed by atoms with E-state index in [1.54, 1.807) is 12.1 Å². The first-order valence-electron chi connectivity index (χ1n) is 20.6. The molecule has 9 aliphatic rings. The zero-order valence-corrected chi connectivity index (χ0v) is 29.5. The fraction of sp³-hybridized carbons (Fsp3) is 0.821. The fourth-order valence-corrected chi connectivity index (χ4v) is 12.9. The van der Waals surface area contributed by atoms with Gasteiger partial charge in [0.05, 0.1) is 61.0 Å². The van der Waals surface area contributed by atoms with Crippen LogP contribution >= 0.6 is 0 Å². The molecule has 5 aliphatic heterocycles. The highest BCUT2D eigenvalue weighted by atomic mass is 16.5. The fourth-order valence-electron chi connectivity index (χ4n) is 12.9. The number of carboxylic acid groups (broad SMARTS) is 1. The molecule has 1 aromatic carbocycles. The third-order valence-electron chi connectivity index (χ3n) is 15.2. The summed E-state index contributed by atoms with van der Waals surface area (Å²) in [6.45, 7) is 0. The first-order chi connectivity index (χ1) is 24.6. The molecule has 8 bridgehead atoms. The number of benzene rings is 1. The Hall–Kier alpha value is -1.83. The molecule has 0 aromatic heterocycles. The van der Waals surface area contributed by atoms with Crippen molar-refractivity contribution in [3.05, 3.63) is 29.8 Å². The van der Waals surface area contributed by atoms with Crippen LogP contribution in [0, 0.1) is 47.3 Å². The molecule has 11 nitrogen and oxygen atoms in total. The van der Waals surface area contributed by atoms with E-state index in [2.05, 4.69) is 42.5 Å². The molecular weight excluding hydrogens is 628 g/mol. The van der Waals surface area contributed by atoms with Gasteiger partial charge in [-0.05, 0) is 129 Å². The monoisotopic (exact) mass is 688 g/mol. The van der Waals surface area contributed by atoms with Crippen molar-refractivity contribution in [1.29, 1.82) is 0 Å². The minimum Gasteiger partial charge on any atom is -0.490 e. The molecule has 9 fully saturated rings. The van der Waals surface area contributed by atoms with Crippen LogP contribution in [0.25, 0.3) is 0 Å². The van der Waals surface area contributed by atoms with E-state index in [0.29, 0.717) is 83.7 Å². The molecule has 4 saturated carbocycles. The van der Waals surface area contributed by atoms with Crippen molar-refractivity contribution in [2.24, 2.45) is 47.3 Å². The SMILES string of the molecule is O=C(O)c1ccc(OC2CCC3C4NC5NC(NC6NC(NC7NC(NC(N4)C3C2)C2CCCCC72)C2CCCCC62)C2CCCCC52)cc1. The van der Waals surface area contributed by atoms with Crippen LogP contribution < -0.4 is 47.3 Å². The molecule has 0 spiro atoms. The van der Waals surface area contributed by atoms with E-state index < -0.39 is 5.97 Å². The molecule has 5 saturated heterocycles. The van der Waals surface area contributed by atoms with E-state index >= 15 is 0 Å². The standard InChI is InChI=1S/C39H60N8O3/c48-39(49)20-13-15-21(16-14-20)50-22-17-18-29-30(19-22)38-46-36-28-12-6-5-11-27(28)34(44-36)42-32-24-8-2-1-7-23(24)31(40-32)41-33-25-9-3-4-10-26(25)35(43-33)45-37(29)47-38/h13-16,22-38,40-47H,1-12,17-19H2,(H,48,49). The molecule has 17 atom stereocenters. The van der Waals surface area contributed by atoms with Crippen LogP contribution in [0.3, 0.4) is 0 Å². The Kier molecular flexibility index (Phi) is 8.88.